The minimum atomic E-state index is -0.117. The third-order valence-corrected chi connectivity index (χ3v) is 3.67. The summed E-state index contributed by atoms with van der Waals surface area (Å²) in [5.41, 5.74) is 4.68. The van der Waals surface area contributed by atoms with Crippen LogP contribution in [0.15, 0.2) is 42.5 Å². The fourth-order valence-electron chi connectivity index (χ4n) is 2.37. The van der Waals surface area contributed by atoms with Gasteiger partial charge < -0.3 is 10.1 Å². The molecule has 22 heavy (non-hydrogen) atoms. The Morgan fingerprint density at radius 3 is 2.36 bits per heavy atom. The predicted molar refractivity (Wildman–Crippen MR) is 89.1 cm³/mol. The van der Waals surface area contributed by atoms with E-state index >= 15 is 0 Å². The summed E-state index contributed by atoms with van der Waals surface area (Å²) in [5.74, 6) is 0.592. The molecule has 2 aromatic carbocycles. The zero-order valence-corrected chi connectivity index (χ0v) is 13.6. The van der Waals surface area contributed by atoms with Crippen molar-refractivity contribution in [3.8, 4) is 5.75 Å². The van der Waals surface area contributed by atoms with Crippen molar-refractivity contribution >= 4 is 5.91 Å². The number of hydrogen-bond acceptors (Lipinski definition) is 2. The number of ether oxygens (including phenoxy) is 1. The highest BCUT2D eigenvalue weighted by Crippen LogP contribution is 2.19. The van der Waals surface area contributed by atoms with Gasteiger partial charge in [-0.3, -0.25) is 4.79 Å². The molecule has 0 aliphatic carbocycles. The smallest absolute Gasteiger partial charge is 0.258 e. The van der Waals surface area contributed by atoms with Crippen molar-refractivity contribution in [2.24, 2.45) is 0 Å². The zero-order valence-electron chi connectivity index (χ0n) is 13.6. The number of amides is 1. The second kappa shape index (κ2) is 7.12. The largest absolute Gasteiger partial charge is 0.484 e. The summed E-state index contributed by atoms with van der Waals surface area (Å²) in [5, 5.41) is 2.98. The fourth-order valence-corrected chi connectivity index (χ4v) is 2.37. The van der Waals surface area contributed by atoms with E-state index in [-0.39, 0.29) is 18.6 Å². The van der Waals surface area contributed by atoms with Crippen LogP contribution >= 0.6 is 0 Å². The van der Waals surface area contributed by atoms with Crippen molar-refractivity contribution in [3.05, 3.63) is 64.7 Å². The highest BCUT2D eigenvalue weighted by Gasteiger charge is 2.12. The molecule has 0 radical (unpaired) electrons. The van der Waals surface area contributed by atoms with Gasteiger partial charge in [0.15, 0.2) is 6.61 Å². The van der Waals surface area contributed by atoms with Gasteiger partial charge in [0.2, 0.25) is 0 Å². The first-order chi connectivity index (χ1) is 10.5. The maximum atomic E-state index is 12.0. The van der Waals surface area contributed by atoms with Gasteiger partial charge in [-0.05, 0) is 51.0 Å². The molecule has 3 heteroatoms. The summed E-state index contributed by atoms with van der Waals surface area (Å²) < 4.78 is 5.50. The SMILES string of the molecule is Cc1ccc(OCC(=O)N[C@H](C)c2cc(C)ccc2C)cc1. The lowest BCUT2D eigenvalue weighted by Crippen LogP contribution is -2.31. The fraction of sp³-hybridized carbons (Fsp3) is 0.316. The molecular formula is C19H23NO2. The zero-order chi connectivity index (χ0) is 16.1. The van der Waals surface area contributed by atoms with Gasteiger partial charge in [-0.15, -0.1) is 0 Å². The molecule has 0 unspecified atom stereocenters. The normalized spacial score (nSPS) is 11.8. The topological polar surface area (TPSA) is 38.3 Å². The number of nitrogens with one attached hydrogen (secondary N) is 1. The van der Waals surface area contributed by atoms with Crippen molar-refractivity contribution in [2.75, 3.05) is 6.61 Å². The standard InChI is InChI=1S/C19H23NO2/c1-13-6-9-17(10-7-13)22-12-19(21)20-16(4)18-11-14(2)5-8-15(18)3/h5-11,16H,12H2,1-4H3,(H,20,21)/t16-/m1/s1. The van der Waals surface area contributed by atoms with Crippen LogP contribution in [-0.2, 0) is 4.79 Å². The molecule has 0 fully saturated rings. The number of benzene rings is 2. The van der Waals surface area contributed by atoms with Crippen molar-refractivity contribution in [3.63, 3.8) is 0 Å². The lowest BCUT2D eigenvalue weighted by Gasteiger charge is -2.17. The highest BCUT2D eigenvalue weighted by atomic mass is 16.5. The van der Waals surface area contributed by atoms with E-state index < -0.39 is 0 Å². The maximum Gasteiger partial charge on any atom is 0.258 e. The summed E-state index contributed by atoms with van der Waals surface area (Å²) >= 11 is 0. The molecule has 0 aromatic heterocycles. The number of carbonyl (C=O) groups excluding carboxylic acids is 1. The molecule has 0 aliphatic rings. The molecular weight excluding hydrogens is 274 g/mol. The number of hydrogen-bond donors (Lipinski definition) is 1. The van der Waals surface area contributed by atoms with Gasteiger partial charge in [-0.25, -0.2) is 0 Å². The van der Waals surface area contributed by atoms with Crippen LogP contribution in [0.2, 0.25) is 0 Å². The van der Waals surface area contributed by atoms with E-state index in [0.29, 0.717) is 5.75 Å². The monoisotopic (exact) mass is 297 g/mol. The molecule has 1 N–H and O–H groups in total. The van der Waals surface area contributed by atoms with E-state index in [0.717, 1.165) is 5.56 Å². The van der Waals surface area contributed by atoms with Gasteiger partial charge in [0, 0.05) is 0 Å². The molecule has 0 spiro atoms. The Morgan fingerprint density at radius 1 is 1.05 bits per heavy atom. The summed E-state index contributed by atoms with van der Waals surface area (Å²) in [6.45, 7) is 8.14. The van der Waals surface area contributed by atoms with Crippen molar-refractivity contribution in [2.45, 2.75) is 33.7 Å². The van der Waals surface area contributed by atoms with E-state index in [1.807, 2.05) is 38.1 Å². The van der Waals surface area contributed by atoms with Crippen LogP contribution in [0.5, 0.6) is 5.75 Å². The summed E-state index contributed by atoms with van der Waals surface area (Å²) in [6, 6.07) is 13.9. The lowest BCUT2D eigenvalue weighted by atomic mass is 10.00. The Morgan fingerprint density at radius 2 is 1.68 bits per heavy atom. The van der Waals surface area contributed by atoms with E-state index in [2.05, 4.69) is 37.4 Å². The van der Waals surface area contributed by atoms with E-state index in [1.165, 1.54) is 16.7 Å². The molecule has 2 aromatic rings. The molecule has 1 atom stereocenters. The Hall–Kier alpha value is -2.29. The van der Waals surface area contributed by atoms with Crippen LogP contribution < -0.4 is 10.1 Å². The number of aryl methyl sites for hydroxylation is 3. The van der Waals surface area contributed by atoms with E-state index in [1.54, 1.807) is 0 Å². The highest BCUT2D eigenvalue weighted by molar-refractivity contribution is 5.78. The van der Waals surface area contributed by atoms with Gasteiger partial charge >= 0.3 is 0 Å². The average Bonchev–Trinajstić information content (AvgIpc) is 2.49. The minimum Gasteiger partial charge on any atom is -0.484 e. The molecule has 3 nitrogen and oxygen atoms in total. The molecule has 0 heterocycles. The molecule has 1 amide bonds. The van der Waals surface area contributed by atoms with E-state index in [9.17, 15) is 4.79 Å². The van der Waals surface area contributed by atoms with Crippen LogP contribution in [0.3, 0.4) is 0 Å². The molecule has 0 bridgehead atoms. The summed E-state index contributed by atoms with van der Waals surface area (Å²) in [6.07, 6.45) is 0. The van der Waals surface area contributed by atoms with Crippen molar-refractivity contribution in [1.82, 2.24) is 5.32 Å². The quantitative estimate of drug-likeness (QED) is 0.910. The van der Waals surface area contributed by atoms with Gasteiger partial charge in [-0.2, -0.15) is 0 Å². The van der Waals surface area contributed by atoms with Gasteiger partial charge in [0.1, 0.15) is 5.75 Å². The summed E-state index contributed by atoms with van der Waals surface area (Å²) in [4.78, 5) is 12.0. The maximum absolute atomic E-state index is 12.0. The molecule has 2 rings (SSSR count). The first-order valence-electron chi connectivity index (χ1n) is 7.51. The van der Waals surface area contributed by atoms with Gasteiger partial charge in [0.25, 0.3) is 5.91 Å². The van der Waals surface area contributed by atoms with E-state index in [4.69, 9.17) is 4.74 Å². The first kappa shape index (κ1) is 16.1. The Bertz CT molecular complexity index is 647. The van der Waals surface area contributed by atoms with Crippen molar-refractivity contribution in [1.29, 1.82) is 0 Å². The molecule has 0 aliphatic heterocycles. The summed E-state index contributed by atoms with van der Waals surface area (Å²) in [7, 11) is 0. The van der Waals surface area contributed by atoms with Gasteiger partial charge in [-0.1, -0.05) is 41.5 Å². The van der Waals surface area contributed by atoms with Crippen LogP contribution in [-0.4, -0.2) is 12.5 Å². The Balaban J connectivity index is 1.91. The van der Waals surface area contributed by atoms with Crippen LogP contribution in [0, 0.1) is 20.8 Å². The first-order valence-corrected chi connectivity index (χ1v) is 7.51. The van der Waals surface area contributed by atoms with Crippen LogP contribution in [0.25, 0.3) is 0 Å². The lowest BCUT2D eigenvalue weighted by molar-refractivity contribution is -0.123. The second-order valence-corrected chi connectivity index (χ2v) is 5.75. The number of carbonyl (C=O) groups is 1. The molecule has 116 valence electrons. The molecule has 0 saturated heterocycles. The van der Waals surface area contributed by atoms with Crippen LogP contribution in [0.1, 0.15) is 35.2 Å². The average molecular weight is 297 g/mol. The van der Waals surface area contributed by atoms with Crippen LogP contribution in [0.4, 0.5) is 0 Å². The number of rotatable bonds is 5. The van der Waals surface area contributed by atoms with Gasteiger partial charge in [0.05, 0.1) is 6.04 Å². The Kier molecular flexibility index (Phi) is 5.21. The minimum absolute atomic E-state index is 0.0261. The third kappa shape index (κ3) is 4.35. The second-order valence-electron chi connectivity index (χ2n) is 5.75. The Labute approximate surface area is 132 Å². The molecule has 0 saturated carbocycles. The predicted octanol–water partition coefficient (Wildman–Crippen LogP) is 3.87. The third-order valence-electron chi connectivity index (χ3n) is 3.67. The van der Waals surface area contributed by atoms with Crippen molar-refractivity contribution < 1.29 is 9.53 Å².